The molecule has 0 spiro atoms. The largest absolute Gasteiger partial charge is 0.464 e. The highest BCUT2D eigenvalue weighted by molar-refractivity contribution is 4.90. The highest BCUT2D eigenvalue weighted by atomic mass is 16.5. The van der Waals surface area contributed by atoms with E-state index in [0.29, 0.717) is 5.88 Å². The van der Waals surface area contributed by atoms with Gasteiger partial charge in [-0.05, 0) is 0 Å². The first-order chi connectivity index (χ1) is 3.93. The Bertz CT molecular complexity index is 128. The molecule has 8 heavy (non-hydrogen) atoms. The summed E-state index contributed by atoms with van der Waals surface area (Å²) >= 11 is 0. The standard InChI is InChI=1S/C5H7NO2/c1-6-5-4-7-2-3-8-5/h2-4,6H,1H3. The molecule has 0 atom stereocenters. The van der Waals surface area contributed by atoms with E-state index in [9.17, 15) is 0 Å². The summed E-state index contributed by atoms with van der Waals surface area (Å²) in [5, 5.41) is 2.77. The van der Waals surface area contributed by atoms with Gasteiger partial charge in [-0.25, -0.2) is 0 Å². The van der Waals surface area contributed by atoms with E-state index < -0.39 is 0 Å². The van der Waals surface area contributed by atoms with Crippen molar-refractivity contribution >= 4 is 0 Å². The van der Waals surface area contributed by atoms with Crippen LogP contribution >= 0.6 is 0 Å². The summed E-state index contributed by atoms with van der Waals surface area (Å²) in [4.78, 5) is 0. The number of hydrogen-bond acceptors (Lipinski definition) is 3. The Morgan fingerprint density at radius 1 is 1.50 bits per heavy atom. The zero-order valence-corrected chi connectivity index (χ0v) is 4.55. The van der Waals surface area contributed by atoms with Crippen molar-refractivity contribution in [1.82, 2.24) is 5.32 Å². The molecule has 0 aromatic rings. The molecule has 0 aromatic carbocycles. The lowest BCUT2D eigenvalue weighted by Crippen LogP contribution is -2.08. The van der Waals surface area contributed by atoms with Crippen LogP contribution in [-0.4, -0.2) is 7.05 Å². The molecular formula is C5H7NO2. The number of ether oxygens (including phenoxy) is 2. The van der Waals surface area contributed by atoms with Gasteiger partial charge in [0.25, 0.3) is 0 Å². The van der Waals surface area contributed by atoms with E-state index in [4.69, 9.17) is 9.47 Å². The van der Waals surface area contributed by atoms with Gasteiger partial charge >= 0.3 is 0 Å². The quantitative estimate of drug-likeness (QED) is 0.537. The molecule has 0 bridgehead atoms. The first-order valence-corrected chi connectivity index (χ1v) is 2.28. The molecular weight excluding hydrogens is 106 g/mol. The van der Waals surface area contributed by atoms with Crippen LogP contribution in [0, 0.1) is 0 Å². The first-order valence-electron chi connectivity index (χ1n) is 2.28. The van der Waals surface area contributed by atoms with Crippen LogP contribution in [0.4, 0.5) is 0 Å². The molecule has 1 aliphatic rings. The van der Waals surface area contributed by atoms with Gasteiger partial charge in [-0.15, -0.1) is 0 Å². The highest BCUT2D eigenvalue weighted by Crippen LogP contribution is 1.99. The summed E-state index contributed by atoms with van der Waals surface area (Å²) in [5.41, 5.74) is 0. The fourth-order valence-corrected chi connectivity index (χ4v) is 0.380. The van der Waals surface area contributed by atoms with Gasteiger partial charge in [-0.1, -0.05) is 0 Å². The number of nitrogens with one attached hydrogen (secondary N) is 1. The summed E-state index contributed by atoms with van der Waals surface area (Å²) in [6.07, 6.45) is 4.41. The molecule has 1 heterocycles. The molecule has 1 N–H and O–H groups in total. The maximum absolute atomic E-state index is 4.87. The van der Waals surface area contributed by atoms with Crippen molar-refractivity contribution in [2.24, 2.45) is 0 Å². The average Bonchev–Trinajstić information content (AvgIpc) is 1.90. The molecule has 0 aromatic heterocycles. The molecule has 0 saturated carbocycles. The lowest BCUT2D eigenvalue weighted by atomic mass is 10.8. The Kier molecular flexibility index (Phi) is 1.42. The van der Waals surface area contributed by atoms with E-state index in [1.165, 1.54) is 18.8 Å². The Morgan fingerprint density at radius 2 is 2.38 bits per heavy atom. The van der Waals surface area contributed by atoms with Gasteiger partial charge in [0.05, 0.1) is 0 Å². The van der Waals surface area contributed by atoms with Crippen LogP contribution in [-0.2, 0) is 9.47 Å². The molecule has 0 saturated heterocycles. The van der Waals surface area contributed by atoms with Crippen LogP contribution in [0.15, 0.2) is 24.7 Å². The van der Waals surface area contributed by atoms with E-state index >= 15 is 0 Å². The maximum Gasteiger partial charge on any atom is 0.228 e. The van der Waals surface area contributed by atoms with Gasteiger partial charge < -0.3 is 14.8 Å². The van der Waals surface area contributed by atoms with Crippen LogP contribution in [0.5, 0.6) is 0 Å². The maximum atomic E-state index is 4.87. The van der Waals surface area contributed by atoms with Crippen molar-refractivity contribution in [3.63, 3.8) is 0 Å². The fraction of sp³-hybridized carbons (Fsp3) is 0.200. The van der Waals surface area contributed by atoms with Crippen molar-refractivity contribution in [3.8, 4) is 0 Å². The molecule has 3 nitrogen and oxygen atoms in total. The van der Waals surface area contributed by atoms with Gasteiger partial charge in [0.1, 0.15) is 12.5 Å². The SMILES string of the molecule is CNC1=COC=CO1. The Hall–Kier alpha value is -1.12. The van der Waals surface area contributed by atoms with Crippen molar-refractivity contribution in [1.29, 1.82) is 0 Å². The summed E-state index contributed by atoms with van der Waals surface area (Å²) < 4.78 is 9.61. The van der Waals surface area contributed by atoms with Crippen LogP contribution in [0.25, 0.3) is 0 Å². The van der Waals surface area contributed by atoms with E-state index in [-0.39, 0.29) is 0 Å². The highest BCUT2D eigenvalue weighted by Gasteiger charge is 1.93. The molecule has 0 unspecified atom stereocenters. The smallest absolute Gasteiger partial charge is 0.228 e. The molecule has 0 radical (unpaired) electrons. The number of rotatable bonds is 1. The summed E-state index contributed by atoms with van der Waals surface area (Å²) in [7, 11) is 1.76. The Morgan fingerprint density at radius 3 is 2.75 bits per heavy atom. The minimum absolute atomic E-state index is 0.618. The van der Waals surface area contributed by atoms with E-state index in [2.05, 4.69) is 5.32 Å². The lowest BCUT2D eigenvalue weighted by Gasteiger charge is -2.06. The molecule has 1 rings (SSSR count). The predicted octanol–water partition coefficient (Wildman–Crippen LogP) is 0.523. The second-order valence-electron chi connectivity index (χ2n) is 1.26. The third kappa shape index (κ3) is 0.932. The van der Waals surface area contributed by atoms with Gasteiger partial charge in [0.15, 0.2) is 6.26 Å². The monoisotopic (exact) mass is 113 g/mol. The zero-order valence-electron chi connectivity index (χ0n) is 4.55. The Labute approximate surface area is 47.6 Å². The molecule has 0 amide bonds. The summed E-state index contributed by atoms with van der Waals surface area (Å²) in [6, 6.07) is 0. The minimum atomic E-state index is 0.618. The van der Waals surface area contributed by atoms with E-state index in [1.54, 1.807) is 7.05 Å². The normalized spacial score (nSPS) is 15.9. The molecule has 0 aliphatic carbocycles. The number of hydrogen-bond donors (Lipinski definition) is 1. The van der Waals surface area contributed by atoms with Gasteiger partial charge in [-0.2, -0.15) is 0 Å². The average molecular weight is 113 g/mol. The van der Waals surface area contributed by atoms with Crippen molar-refractivity contribution < 1.29 is 9.47 Å². The van der Waals surface area contributed by atoms with Gasteiger partial charge in [0, 0.05) is 7.05 Å². The van der Waals surface area contributed by atoms with Gasteiger partial charge in [0.2, 0.25) is 5.88 Å². The van der Waals surface area contributed by atoms with Gasteiger partial charge in [-0.3, -0.25) is 0 Å². The third-order valence-electron chi connectivity index (χ3n) is 0.751. The van der Waals surface area contributed by atoms with Crippen molar-refractivity contribution in [2.45, 2.75) is 0 Å². The van der Waals surface area contributed by atoms with E-state index in [0.717, 1.165) is 0 Å². The van der Waals surface area contributed by atoms with Crippen LogP contribution in [0.3, 0.4) is 0 Å². The van der Waals surface area contributed by atoms with E-state index in [1.807, 2.05) is 0 Å². The summed E-state index contributed by atoms with van der Waals surface area (Å²) in [5.74, 6) is 0.618. The molecule has 1 aliphatic heterocycles. The fourth-order valence-electron chi connectivity index (χ4n) is 0.380. The van der Waals surface area contributed by atoms with Crippen molar-refractivity contribution in [3.05, 3.63) is 24.7 Å². The Balaban J connectivity index is 2.43. The topological polar surface area (TPSA) is 30.5 Å². The van der Waals surface area contributed by atoms with Crippen molar-refractivity contribution in [2.75, 3.05) is 7.05 Å². The first kappa shape index (κ1) is 5.03. The van der Waals surface area contributed by atoms with Crippen LogP contribution < -0.4 is 5.32 Å². The predicted molar refractivity (Wildman–Crippen MR) is 28.5 cm³/mol. The summed E-state index contributed by atoms with van der Waals surface area (Å²) in [6.45, 7) is 0. The molecule has 44 valence electrons. The molecule has 0 fully saturated rings. The second-order valence-corrected chi connectivity index (χ2v) is 1.26. The van der Waals surface area contributed by atoms with Crippen LogP contribution in [0.2, 0.25) is 0 Å². The zero-order chi connectivity index (χ0) is 5.82. The lowest BCUT2D eigenvalue weighted by molar-refractivity contribution is 0.239. The molecule has 3 heteroatoms. The second kappa shape index (κ2) is 2.26. The minimum Gasteiger partial charge on any atom is -0.464 e. The third-order valence-corrected chi connectivity index (χ3v) is 0.751. The van der Waals surface area contributed by atoms with Crippen LogP contribution in [0.1, 0.15) is 0 Å².